The highest BCUT2D eigenvalue weighted by molar-refractivity contribution is 7.15. The van der Waals surface area contributed by atoms with Crippen molar-refractivity contribution >= 4 is 45.6 Å². The van der Waals surface area contributed by atoms with E-state index in [-0.39, 0.29) is 5.56 Å². The number of furan rings is 1. The van der Waals surface area contributed by atoms with E-state index < -0.39 is 0 Å². The molecule has 0 bridgehead atoms. The fourth-order valence-electron chi connectivity index (χ4n) is 3.77. The molecule has 0 aliphatic carbocycles. The van der Waals surface area contributed by atoms with Gasteiger partial charge in [0.25, 0.3) is 5.56 Å². The van der Waals surface area contributed by atoms with Crippen LogP contribution in [0.5, 0.6) is 5.75 Å². The van der Waals surface area contributed by atoms with E-state index in [1.54, 1.807) is 36.4 Å². The van der Waals surface area contributed by atoms with Crippen molar-refractivity contribution in [2.75, 3.05) is 6.61 Å². The Morgan fingerprint density at radius 2 is 1.89 bits per heavy atom. The Balaban J connectivity index is 1.34. The predicted octanol–water partition coefficient (Wildman–Crippen LogP) is 6.89. The molecule has 0 saturated heterocycles. The van der Waals surface area contributed by atoms with Crippen LogP contribution in [-0.4, -0.2) is 21.2 Å². The third-order valence-electron chi connectivity index (χ3n) is 5.65. The average molecular weight is 540 g/mol. The van der Waals surface area contributed by atoms with Crippen molar-refractivity contribution in [3.8, 4) is 28.5 Å². The molecular weight excluding hydrogens is 517 g/mol. The smallest absolute Gasteiger partial charge is 0.291 e. The van der Waals surface area contributed by atoms with Gasteiger partial charge in [0, 0.05) is 22.2 Å². The van der Waals surface area contributed by atoms with E-state index in [2.05, 4.69) is 17.0 Å². The highest BCUT2D eigenvalue weighted by Gasteiger charge is 2.13. The van der Waals surface area contributed by atoms with Crippen LogP contribution in [0.1, 0.15) is 38.4 Å². The standard InChI is InChI=1S/C27H23Cl2N3O3S/c1-2-3-4-5-14-34-19-9-6-17(7-10-19)25-30-27-32(31-25)26(33)24(36-27)16-20-11-13-23(35-20)21-15-18(28)8-12-22(21)29/h6-13,15-16H,2-5,14H2,1H3. The molecule has 0 aliphatic heterocycles. The molecule has 3 aromatic heterocycles. The lowest BCUT2D eigenvalue weighted by Crippen LogP contribution is -2.23. The third kappa shape index (κ3) is 5.33. The molecule has 0 spiro atoms. The molecular formula is C27H23Cl2N3O3S. The van der Waals surface area contributed by atoms with Crippen LogP contribution in [0.2, 0.25) is 10.0 Å². The van der Waals surface area contributed by atoms with Crippen LogP contribution in [0.15, 0.2) is 63.8 Å². The summed E-state index contributed by atoms with van der Waals surface area (Å²) in [5.74, 6) is 2.40. The molecule has 9 heteroatoms. The van der Waals surface area contributed by atoms with Crippen LogP contribution in [0.25, 0.3) is 33.7 Å². The highest BCUT2D eigenvalue weighted by atomic mass is 35.5. The van der Waals surface area contributed by atoms with Crippen molar-refractivity contribution < 1.29 is 9.15 Å². The van der Waals surface area contributed by atoms with Gasteiger partial charge >= 0.3 is 0 Å². The zero-order chi connectivity index (χ0) is 25.1. The first-order chi connectivity index (χ1) is 17.5. The SMILES string of the molecule is CCCCCCOc1ccc(-c2nc3sc(=Cc4ccc(-c5cc(Cl)ccc5Cl)o4)c(=O)n3n2)cc1. The van der Waals surface area contributed by atoms with Crippen LogP contribution in [0.3, 0.4) is 0 Å². The summed E-state index contributed by atoms with van der Waals surface area (Å²) < 4.78 is 13.5. The van der Waals surface area contributed by atoms with Crippen molar-refractivity contribution in [3.63, 3.8) is 0 Å². The van der Waals surface area contributed by atoms with Gasteiger partial charge in [-0.2, -0.15) is 9.50 Å². The minimum Gasteiger partial charge on any atom is -0.494 e. The maximum Gasteiger partial charge on any atom is 0.291 e. The van der Waals surface area contributed by atoms with E-state index in [0.29, 0.717) is 49.1 Å². The molecule has 0 unspecified atom stereocenters. The van der Waals surface area contributed by atoms with E-state index in [1.165, 1.54) is 35.1 Å². The van der Waals surface area contributed by atoms with Crippen LogP contribution < -0.4 is 14.8 Å². The minimum atomic E-state index is -0.250. The van der Waals surface area contributed by atoms with Gasteiger partial charge in [-0.1, -0.05) is 60.7 Å². The number of nitrogens with zero attached hydrogens (tertiary/aromatic N) is 3. The van der Waals surface area contributed by atoms with Crippen LogP contribution in [0.4, 0.5) is 0 Å². The van der Waals surface area contributed by atoms with Crippen molar-refractivity contribution in [1.82, 2.24) is 14.6 Å². The van der Waals surface area contributed by atoms with Crippen molar-refractivity contribution in [1.29, 1.82) is 0 Å². The Morgan fingerprint density at radius 3 is 2.67 bits per heavy atom. The number of rotatable bonds is 9. The van der Waals surface area contributed by atoms with Gasteiger partial charge in [-0.05, 0) is 61.0 Å². The number of hydrogen-bond donors (Lipinski definition) is 0. The number of benzene rings is 2. The molecule has 0 radical (unpaired) electrons. The van der Waals surface area contributed by atoms with Gasteiger partial charge in [0.2, 0.25) is 4.96 Å². The molecule has 184 valence electrons. The molecule has 0 N–H and O–H groups in total. The van der Waals surface area contributed by atoms with Gasteiger partial charge in [-0.25, -0.2) is 0 Å². The molecule has 0 aliphatic rings. The van der Waals surface area contributed by atoms with E-state index in [0.717, 1.165) is 17.7 Å². The second-order valence-electron chi connectivity index (χ2n) is 8.31. The number of aromatic nitrogens is 3. The summed E-state index contributed by atoms with van der Waals surface area (Å²) in [5, 5.41) is 5.51. The molecule has 2 aromatic carbocycles. The average Bonchev–Trinajstić information content (AvgIpc) is 3.58. The normalized spacial score (nSPS) is 12.0. The monoisotopic (exact) mass is 539 g/mol. The maximum absolute atomic E-state index is 12.9. The quantitative estimate of drug-likeness (QED) is 0.191. The van der Waals surface area contributed by atoms with E-state index in [1.807, 2.05) is 24.3 Å². The van der Waals surface area contributed by atoms with Crippen LogP contribution in [-0.2, 0) is 0 Å². The summed E-state index contributed by atoms with van der Waals surface area (Å²) in [7, 11) is 0. The summed E-state index contributed by atoms with van der Waals surface area (Å²) in [6, 6.07) is 16.4. The highest BCUT2D eigenvalue weighted by Crippen LogP contribution is 2.32. The van der Waals surface area contributed by atoms with Gasteiger partial charge in [0.15, 0.2) is 5.82 Å². The molecule has 5 rings (SSSR count). The first kappa shape index (κ1) is 24.6. The molecule has 0 amide bonds. The fraction of sp³-hybridized carbons (Fsp3) is 0.222. The van der Waals surface area contributed by atoms with E-state index >= 15 is 0 Å². The molecule has 0 saturated carbocycles. The Labute approximate surface area is 221 Å². The van der Waals surface area contributed by atoms with Gasteiger partial charge in [0.1, 0.15) is 21.8 Å². The number of hydrogen-bond acceptors (Lipinski definition) is 6. The number of fused-ring (bicyclic) bond motifs is 1. The summed E-state index contributed by atoms with van der Waals surface area (Å²) >= 11 is 13.6. The predicted molar refractivity (Wildman–Crippen MR) is 145 cm³/mol. The Morgan fingerprint density at radius 1 is 1.06 bits per heavy atom. The first-order valence-electron chi connectivity index (χ1n) is 11.7. The lowest BCUT2D eigenvalue weighted by molar-refractivity contribution is 0.305. The zero-order valence-corrected chi connectivity index (χ0v) is 21.9. The van der Waals surface area contributed by atoms with Gasteiger partial charge < -0.3 is 9.15 Å². The second-order valence-corrected chi connectivity index (χ2v) is 10.2. The number of unbranched alkanes of at least 4 members (excludes halogenated alkanes) is 3. The van der Waals surface area contributed by atoms with Crippen molar-refractivity contribution in [2.45, 2.75) is 32.6 Å². The fourth-order valence-corrected chi connectivity index (χ4v) is 5.04. The Hall–Kier alpha value is -3.13. The van der Waals surface area contributed by atoms with Crippen LogP contribution >= 0.6 is 34.5 Å². The number of thiazole rings is 1. The molecule has 6 nitrogen and oxygen atoms in total. The minimum absolute atomic E-state index is 0.250. The van der Waals surface area contributed by atoms with Gasteiger partial charge in [0.05, 0.1) is 11.6 Å². The maximum atomic E-state index is 12.9. The summed E-state index contributed by atoms with van der Waals surface area (Å²) in [6.07, 6.45) is 6.34. The van der Waals surface area contributed by atoms with Gasteiger partial charge in [-0.15, -0.1) is 5.10 Å². The van der Waals surface area contributed by atoms with E-state index in [9.17, 15) is 4.79 Å². The molecule has 0 fully saturated rings. The third-order valence-corrected chi connectivity index (χ3v) is 7.18. The van der Waals surface area contributed by atoms with Crippen molar-refractivity contribution in [2.24, 2.45) is 0 Å². The number of halogens is 2. The topological polar surface area (TPSA) is 69.6 Å². The number of ether oxygens (including phenoxy) is 1. The Kier molecular flexibility index (Phi) is 7.41. The largest absolute Gasteiger partial charge is 0.494 e. The van der Waals surface area contributed by atoms with Gasteiger partial charge in [-0.3, -0.25) is 4.79 Å². The molecule has 0 atom stereocenters. The van der Waals surface area contributed by atoms with E-state index in [4.69, 9.17) is 32.4 Å². The molecule has 3 heterocycles. The lowest BCUT2D eigenvalue weighted by Gasteiger charge is -2.06. The first-order valence-corrected chi connectivity index (χ1v) is 13.3. The molecule has 36 heavy (non-hydrogen) atoms. The zero-order valence-electron chi connectivity index (χ0n) is 19.5. The lowest BCUT2D eigenvalue weighted by atomic mass is 10.2. The Bertz CT molecular complexity index is 1610. The molecule has 5 aromatic rings. The summed E-state index contributed by atoms with van der Waals surface area (Å²) in [5.41, 5.74) is 1.26. The summed E-state index contributed by atoms with van der Waals surface area (Å²) in [6.45, 7) is 2.90. The second kappa shape index (κ2) is 10.9. The summed E-state index contributed by atoms with van der Waals surface area (Å²) in [4.78, 5) is 18.0. The van der Waals surface area contributed by atoms with Crippen LogP contribution in [0, 0.1) is 0 Å². The van der Waals surface area contributed by atoms with Crippen molar-refractivity contribution in [3.05, 3.63) is 85.3 Å².